The molecule has 5 nitrogen and oxygen atoms in total. The molecule has 1 amide bonds. The van der Waals surface area contributed by atoms with Gasteiger partial charge >= 0.3 is 0 Å². The van der Waals surface area contributed by atoms with Crippen molar-refractivity contribution in [1.29, 1.82) is 0 Å². The Morgan fingerprint density at radius 3 is 2.62 bits per heavy atom. The maximum absolute atomic E-state index is 12.1. The molecule has 0 saturated carbocycles. The number of nitrogens with one attached hydrogen (secondary N) is 1. The Hall–Kier alpha value is -1.98. The summed E-state index contributed by atoms with van der Waals surface area (Å²) in [5.41, 5.74) is 0. The zero-order chi connectivity index (χ0) is 17.4. The topological polar surface area (TPSA) is 54.7 Å². The standard InChI is InChI=1S/C18H23ClN2O3/c1-3-21(4-2)15(17-10-7-11-23-17)12-20-18(22)13-24-16-9-6-5-8-14(16)19/h5-11,15H,3-4,12-13H2,1-2H3,(H,20,22). The molecule has 0 aliphatic carbocycles. The fourth-order valence-electron chi connectivity index (χ4n) is 2.52. The van der Waals surface area contributed by atoms with Crippen LogP contribution in [0.4, 0.5) is 0 Å². The number of para-hydroxylation sites is 1. The van der Waals surface area contributed by atoms with Gasteiger partial charge in [0.25, 0.3) is 5.91 Å². The Kier molecular flexibility index (Phi) is 7.15. The van der Waals surface area contributed by atoms with Crippen molar-refractivity contribution in [1.82, 2.24) is 10.2 Å². The molecule has 1 unspecified atom stereocenters. The second-order valence-corrected chi connectivity index (χ2v) is 5.68. The van der Waals surface area contributed by atoms with Gasteiger partial charge in [-0.15, -0.1) is 0 Å². The first-order chi connectivity index (χ1) is 11.7. The number of rotatable bonds is 9. The molecule has 1 aromatic carbocycles. The van der Waals surface area contributed by atoms with Crippen LogP contribution in [0.1, 0.15) is 25.6 Å². The van der Waals surface area contributed by atoms with Crippen LogP contribution in [-0.4, -0.2) is 37.0 Å². The largest absolute Gasteiger partial charge is 0.482 e. The number of hydrogen-bond donors (Lipinski definition) is 1. The highest BCUT2D eigenvalue weighted by atomic mass is 35.5. The van der Waals surface area contributed by atoms with Gasteiger partial charge in [-0.25, -0.2) is 0 Å². The number of ether oxygens (including phenoxy) is 1. The van der Waals surface area contributed by atoms with Gasteiger partial charge in [0.2, 0.25) is 0 Å². The molecule has 0 saturated heterocycles. The van der Waals surface area contributed by atoms with Crippen LogP contribution in [0.15, 0.2) is 47.1 Å². The SMILES string of the molecule is CCN(CC)C(CNC(=O)COc1ccccc1Cl)c1ccco1. The molecule has 6 heteroatoms. The Morgan fingerprint density at radius 2 is 2.00 bits per heavy atom. The average molecular weight is 351 g/mol. The second-order valence-electron chi connectivity index (χ2n) is 5.28. The van der Waals surface area contributed by atoms with Gasteiger partial charge in [0, 0.05) is 6.54 Å². The van der Waals surface area contributed by atoms with E-state index in [1.165, 1.54) is 0 Å². The summed E-state index contributed by atoms with van der Waals surface area (Å²) in [6.45, 7) is 6.29. The molecule has 1 N–H and O–H groups in total. The van der Waals surface area contributed by atoms with E-state index in [9.17, 15) is 4.79 Å². The van der Waals surface area contributed by atoms with E-state index in [0.29, 0.717) is 17.3 Å². The van der Waals surface area contributed by atoms with Crippen molar-refractivity contribution in [3.63, 3.8) is 0 Å². The fourth-order valence-corrected chi connectivity index (χ4v) is 2.71. The summed E-state index contributed by atoms with van der Waals surface area (Å²) in [5.74, 6) is 1.14. The molecule has 1 atom stereocenters. The van der Waals surface area contributed by atoms with Crippen molar-refractivity contribution in [3.05, 3.63) is 53.4 Å². The normalized spacial score (nSPS) is 12.2. The summed E-state index contributed by atoms with van der Waals surface area (Å²) in [5, 5.41) is 3.39. The minimum absolute atomic E-state index is 0.000682. The molecule has 0 bridgehead atoms. The van der Waals surface area contributed by atoms with Gasteiger partial charge in [-0.2, -0.15) is 0 Å². The third-order valence-electron chi connectivity index (χ3n) is 3.81. The lowest BCUT2D eigenvalue weighted by atomic mass is 10.2. The second kappa shape index (κ2) is 9.35. The van der Waals surface area contributed by atoms with Crippen LogP contribution in [0.25, 0.3) is 0 Å². The lowest BCUT2D eigenvalue weighted by Gasteiger charge is -2.28. The molecule has 0 aliphatic heterocycles. The number of halogens is 1. The van der Waals surface area contributed by atoms with E-state index in [-0.39, 0.29) is 18.6 Å². The van der Waals surface area contributed by atoms with Gasteiger partial charge in [0.05, 0.1) is 17.3 Å². The summed E-state index contributed by atoms with van der Waals surface area (Å²) in [6.07, 6.45) is 1.65. The molecular formula is C18H23ClN2O3. The van der Waals surface area contributed by atoms with Crippen LogP contribution < -0.4 is 10.1 Å². The third kappa shape index (κ3) is 5.01. The van der Waals surface area contributed by atoms with Crippen LogP contribution in [-0.2, 0) is 4.79 Å². The molecular weight excluding hydrogens is 328 g/mol. The van der Waals surface area contributed by atoms with Gasteiger partial charge in [-0.1, -0.05) is 37.6 Å². The first kappa shape index (κ1) is 18.4. The molecule has 2 aromatic rings. The van der Waals surface area contributed by atoms with E-state index in [0.717, 1.165) is 18.8 Å². The molecule has 0 aliphatic rings. The number of carbonyl (C=O) groups is 1. The Labute approximate surface area is 147 Å². The summed E-state index contributed by atoms with van der Waals surface area (Å²) >= 11 is 6.01. The van der Waals surface area contributed by atoms with Gasteiger partial charge in [-0.3, -0.25) is 9.69 Å². The zero-order valence-corrected chi connectivity index (χ0v) is 14.8. The monoisotopic (exact) mass is 350 g/mol. The third-order valence-corrected chi connectivity index (χ3v) is 4.12. The zero-order valence-electron chi connectivity index (χ0n) is 14.0. The molecule has 1 aromatic heterocycles. The highest BCUT2D eigenvalue weighted by Crippen LogP contribution is 2.23. The number of benzene rings is 1. The first-order valence-corrected chi connectivity index (χ1v) is 8.45. The van der Waals surface area contributed by atoms with Crippen LogP contribution in [0.2, 0.25) is 5.02 Å². The van der Waals surface area contributed by atoms with Crippen molar-refractivity contribution in [2.24, 2.45) is 0 Å². The van der Waals surface area contributed by atoms with Crippen LogP contribution >= 0.6 is 11.6 Å². The van der Waals surface area contributed by atoms with E-state index in [1.807, 2.05) is 24.3 Å². The molecule has 130 valence electrons. The molecule has 24 heavy (non-hydrogen) atoms. The number of likely N-dealkylation sites (N-methyl/N-ethyl adjacent to an activating group) is 1. The minimum Gasteiger partial charge on any atom is -0.482 e. The first-order valence-electron chi connectivity index (χ1n) is 8.07. The Morgan fingerprint density at radius 1 is 1.25 bits per heavy atom. The molecule has 1 heterocycles. The quantitative estimate of drug-likeness (QED) is 0.752. The predicted molar refractivity (Wildman–Crippen MR) is 94.3 cm³/mol. The van der Waals surface area contributed by atoms with Gasteiger partial charge in [-0.05, 0) is 37.4 Å². The predicted octanol–water partition coefficient (Wildman–Crippen LogP) is 3.51. The minimum atomic E-state index is -0.196. The van der Waals surface area contributed by atoms with E-state index in [4.69, 9.17) is 20.8 Å². The Bertz CT molecular complexity index is 627. The van der Waals surface area contributed by atoms with Crippen LogP contribution in [0.3, 0.4) is 0 Å². The summed E-state index contributed by atoms with van der Waals surface area (Å²) < 4.78 is 11.0. The lowest BCUT2D eigenvalue weighted by Crippen LogP contribution is -2.39. The van der Waals surface area contributed by atoms with Crippen LogP contribution in [0.5, 0.6) is 5.75 Å². The molecule has 0 fully saturated rings. The van der Waals surface area contributed by atoms with E-state index in [2.05, 4.69) is 24.1 Å². The van der Waals surface area contributed by atoms with Gasteiger partial charge in [0.15, 0.2) is 6.61 Å². The van der Waals surface area contributed by atoms with Gasteiger partial charge in [0.1, 0.15) is 11.5 Å². The summed E-state index contributed by atoms with van der Waals surface area (Å²) in [6, 6.07) is 10.9. The van der Waals surface area contributed by atoms with Crippen molar-refractivity contribution < 1.29 is 13.9 Å². The number of furan rings is 1. The van der Waals surface area contributed by atoms with E-state index in [1.54, 1.807) is 18.4 Å². The molecule has 0 radical (unpaired) electrons. The van der Waals surface area contributed by atoms with E-state index >= 15 is 0 Å². The molecule has 2 rings (SSSR count). The highest BCUT2D eigenvalue weighted by molar-refractivity contribution is 6.32. The highest BCUT2D eigenvalue weighted by Gasteiger charge is 2.21. The van der Waals surface area contributed by atoms with Crippen molar-refractivity contribution in [3.8, 4) is 5.75 Å². The Balaban J connectivity index is 1.89. The lowest BCUT2D eigenvalue weighted by molar-refractivity contribution is -0.123. The number of amides is 1. The van der Waals surface area contributed by atoms with Crippen molar-refractivity contribution in [2.75, 3.05) is 26.2 Å². The number of nitrogens with zero attached hydrogens (tertiary/aromatic N) is 1. The fraction of sp³-hybridized carbons (Fsp3) is 0.389. The van der Waals surface area contributed by atoms with Crippen LogP contribution in [0, 0.1) is 0 Å². The maximum Gasteiger partial charge on any atom is 0.258 e. The van der Waals surface area contributed by atoms with Gasteiger partial charge < -0.3 is 14.5 Å². The van der Waals surface area contributed by atoms with Crippen molar-refractivity contribution >= 4 is 17.5 Å². The summed E-state index contributed by atoms with van der Waals surface area (Å²) in [7, 11) is 0. The number of hydrogen-bond acceptors (Lipinski definition) is 4. The summed E-state index contributed by atoms with van der Waals surface area (Å²) in [4.78, 5) is 14.3. The maximum atomic E-state index is 12.1. The average Bonchev–Trinajstić information content (AvgIpc) is 3.12. The smallest absolute Gasteiger partial charge is 0.258 e. The number of carbonyl (C=O) groups excluding carboxylic acids is 1. The molecule has 0 spiro atoms. The van der Waals surface area contributed by atoms with Crippen molar-refractivity contribution in [2.45, 2.75) is 19.9 Å². The van der Waals surface area contributed by atoms with E-state index < -0.39 is 0 Å².